The fraction of sp³-hybridized carbons (Fsp3) is 0.0714. The normalized spacial score (nSPS) is 10.9. The van der Waals surface area contributed by atoms with E-state index in [0.717, 1.165) is 12.5 Å². The molecule has 0 spiro atoms. The highest BCUT2D eigenvalue weighted by molar-refractivity contribution is 7.92. The Morgan fingerprint density at radius 2 is 1.71 bits per heavy atom. The van der Waals surface area contributed by atoms with Gasteiger partial charge in [-0.1, -0.05) is 0 Å². The molecule has 0 amide bonds. The van der Waals surface area contributed by atoms with E-state index in [2.05, 4.69) is 4.72 Å². The van der Waals surface area contributed by atoms with Crippen molar-refractivity contribution in [1.82, 2.24) is 0 Å². The highest BCUT2D eigenvalue weighted by Crippen LogP contribution is 2.31. The first-order chi connectivity index (χ1) is 9.87. The second kappa shape index (κ2) is 5.84. The fourth-order valence-corrected chi connectivity index (χ4v) is 2.17. The van der Waals surface area contributed by atoms with Crippen molar-refractivity contribution in [2.24, 2.45) is 0 Å². The summed E-state index contributed by atoms with van der Waals surface area (Å²) in [5.41, 5.74) is 0.548. The van der Waals surface area contributed by atoms with Crippen LogP contribution in [0.25, 0.3) is 0 Å². The van der Waals surface area contributed by atoms with E-state index in [1.165, 1.54) is 18.2 Å². The lowest BCUT2D eigenvalue weighted by atomic mass is 10.2. The lowest BCUT2D eigenvalue weighted by Crippen LogP contribution is -2.09. The SMILES string of the molecule is CS(=O)(=O)Nc1cc(Oc2ccc(C=O)cc2)ccc1O. The van der Waals surface area contributed by atoms with Gasteiger partial charge in [-0.15, -0.1) is 0 Å². The molecule has 110 valence electrons. The van der Waals surface area contributed by atoms with Crippen LogP contribution >= 0.6 is 0 Å². The maximum atomic E-state index is 11.2. The Bertz CT molecular complexity index is 753. The predicted molar refractivity (Wildman–Crippen MR) is 78.5 cm³/mol. The molecule has 0 radical (unpaired) electrons. The molecule has 21 heavy (non-hydrogen) atoms. The smallest absolute Gasteiger partial charge is 0.229 e. The highest BCUT2D eigenvalue weighted by atomic mass is 32.2. The largest absolute Gasteiger partial charge is 0.506 e. The summed E-state index contributed by atoms with van der Waals surface area (Å²) in [6.07, 6.45) is 1.70. The van der Waals surface area contributed by atoms with Crippen molar-refractivity contribution in [2.45, 2.75) is 0 Å². The van der Waals surface area contributed by atoms with E-state index in [1.807, 2.05) is 0 Å². The van der Waals surface area contributed by atoms with Crippen LogP contribution in [0.4, 0.5) is 5.69 Å². The predicted octanol–water partition coefficient (Wildman–Crippen LogP) is 2.37. The second-order valence-corrected chi connectivity index (χ2v) is 6.09. The van der Waals surface area contributed by atoms with Gasteiger partial charge in [0.15, 0.2) is 0 Å². The summed E-state index contributed by atoms with van der Waals surface area (Å²) in [6, 6.07) is 10.6. The van der Waals surface area contributed by atoms with Crippen molar-refractivity contribution in [3.63, 3.8) is 0 Å². The quantitative estimate of drug-likeness (QED) is 0.653. The molecule has 0 fully saturated rings. The van der Waals surface area contributed by atoms with Crippen LogP contribution in [0.3, 0.4) is 0 Å². The molecular weight excluding hydrogens is 294 g/mol. The molecule has 0 atom stereocenters. The number of aromatic hydroxyl groups is 1. The first-order valence-electron chi connectivity index (χ1n) is 5.91. The molecule has 7 heteroatoms. The van der Waals surface area contributed by atoms with Crippen LogP contribution in [0.15, 0.2) is 42.5 Å². The minimum absolute atomic E-state index is 0.0273. The van der Waals surface area contributed by atoms with Gasteiger partial charge in [0.25, 0.3) is 0 Å². The maximum absolute atomic E-state index is 11.2. The molecule has 0 saturated heterocycles. The number of nitrogens with one attached hydrogen (secondary N) is 1. The van der Waals surface area contributed by atoms with Gasteiger partial charge in [-0.25, -0.2) is 8.42 Å². The summed E-state index contributed by atoms with van der Waals surface area (Å²) in [7, 11) is -3.50. The van der Waals surface area contributed by atoms with Crippen molar-refractivity contribution in [3.8, 4) is 17.2 Å². The Morgan fingerprint density at radius 3 is 2.29 bits per heavy atom. The molecule has 6 nitrogen and oxygen atoms in total. The molecule has 2 rings (SSSR count). The summed E-state index contributed by atoms with van der Waals surface area (Å²) in [5.74, 6) is 0.624. The number of hydrogen-bond donors (Lipinski definition) is 2. The van der Waals surface area contributed by atoms with Crippen LogP contribution in [0, 0.1) is 0 Å². The van der Waals surface area contributed by atoms with Gasteiger partial charge >= 0.3 is 0 Å². The van der Waals surface area contributed by atoms with E-state index >= 15 is 0 Å². The minimum atomic E-state index is -3.50. The molecule has 0 bridgehead atoms. The van der Waals surface area contributed by atoms with Crippen LogP contribution in [-0.4, -0.2) is 26.1 Å². The molecule has 0 aliphatic heterocycles. The molecule has 0 saturated carbocycles. The summed E-state index contributed by atoms with van der Waals surface area (Å²) in [6.45, 7) is 0. The lowest BCUT2D eigenvalue weighted by Gasteiger charge is -2.10. The number of carbonyl (C=O) groups excluding carboxylic acids is 1. The van der Waals surface area contributed by atoms with Gasteiger partial charge in [-0.3, -0.25) is 9.52 Å². The van der Waals surface area contributed by atoms with Gasteiger partial charge < -0.3 is 9.84 Å². The Hall–Kier alpha value is -2.54. The number of sulfonamides is 1. The average molecular weight is 307 g/mol. The molecule has 0 aliphatic rings. The van der Waals surface area contributed by atoms with Crippen molar-refractivity contribution in [2.75, 3.05) is 11.0 Å². The van der Waals surface area contributed by atoms with E-state index in [1.54, 1.807) is 24.3 Å². The summed E-state index contributed by atoms with van der Waals surface area (Å²) >= 11 is 0. The van der Waals surface area contributed by atoms with E-state index in [0.29, 0.717) is 17.1 Å². The Balaban J connectivity index is 2.23. The third-order valence-corrected chi connectivity index (χ3v) is 3.11. The van der Waals surface area contributed by atoms with Gasteiger partial charge in [0.1, 0.15) is 23.5 Å². The molecule has 2 aromatic rings. The Morgan fingerprint density at radius 1 is 1.10 bits per heavy atom. The third kappa shape index (κ3) is 4.22. The summed E-state index contributed by atoms with van der Waals surface area (Å²) in [5, 5.41) is 9.61. The molecular formula is C14H13NO5S. The van der Waals surface area contributed by atoms with Crippen LogP contribution in [-0.2, 0) is 10.0 Å². The molecule has 2 N–H and O–H groups in total. The number of phenolic OH excluding ortho intramolecular Hbond substituents is 1. The van der Waals surface area contributed by atoms with Crippen LogP contribution < -0.4 is 9.46 Å². The molecule has 0 unspecified atom stereocenters. The zero-order chi connectivity index (χ0) is 15.5. The first-order valence-corrected chi connectivity index (χ1v) is 7.80. The number of carbonyl (C=O) groups is 1. The number of rotatable bonds is 5. The van der Waals surface area contributed by atoms with E-state index in [-0.39, 0.29) is 11.4 Å². The average Bonchev–Trinajstić information content (AvgIpc) is 2.42. The highest BCUT2D eigenvalue weighted by Gasteiger charge is 2.09. The van der Waals surface area contributed by atoms with Crippen molar-refractivity contribution in [1.29, 1.82) is 0 Å². The number of phenols is 1. The van der Waals surface area contributed by atoms with E-state index in [9.17, 15) is 18.3 Å². The zero-order valence-electron chi connectivity index (χ0n) is 11.1. The standard InChI is InChI=1S/C14H13NO5S/c1-21(18,19)15-13-8-12(6-7-14(13)17)20-11-4-2-10(9-16)3-5-11/h2-9,15,17H,1H3. The number of benzene rings is 2. The van der Waals surface area contributed by atoms with Gasteiger partial charge in [0.05, 0.1) is 11.9 Å². The molecule has 0 aliphatic carbocycles. The lowest BCUT2D eigenvalue weighted by molar-refractivity contribution is 0.112. The van der Waals surface area contributed by atoms with Crippen molar-refractivity contribution in [3.05, 3.63) is 48.0 Å². The number of hydrogen-bond acceptors (Lipinski definition) is 5. The second-order valence-electron chi connectivity index (χ2n) is 4.34. The van der Waals surface area contributed by atoms with Gasteiger partial charge in [-0.2, -0.15) is 0 Å². The van der Waals surface area contributed by atoms with Crippen molar-refractivity contribution < 1.29 is 23.1 Å². The molecule has 2 aromatic carbocycles. The number of ether oxygens (including phenoxy) is 1. The van der Waals surface area contributed by atoms with E-state index < -0.39 is 10.0 Å². The topological polar surface area (TPSA) is 92.7 Å². The number of anilines is 1. The molecule has 0 aromatic heterocycles. The fourth-order valence-electron chi connectivity index (χ4n) is 1.61. The maximum Gasteiger partial charge on any atom is 0.229 e. The minimum Gasteiger partial charge on any atom is -0.506 e. The van der Waals surface area contributed by atoms with Crippen molar-refractivity contribution >= 4 is 22.0 Å². The number of aldehydes is 1. The first kappa shape index (κ1) is 14.9. The zero-order valence-corrected chi connectivity index (χ0v) is 11.9. The summed E-state index contributed by atoms with van der Waals surface area (Å²) < 4.78 is 30.1. The van der Waals surface area contributed by atoms with Gasteiger partial charge in [-0.05, 0) is 36.4 Å². The third-order valence-electron chi connectivity index (χ3n) is 2.52. The monoisotopic (exact) mass is 307 g/mol. The molecule has 0 heterocycles. The van der Waals surface area contributed by atoms with E-state index in [4.69, 9.17) is 4.74 Å². The van der Waals surface area contributed by atoms with Gasteiger partial charge in [0.2, 0.25) is 10.0 Å². The Labute approximate surface area is 122 Å². The van der Waals surface area contributed by atoms with Crippen LogP contribution in [0.2, 0.25) is 0 Å². The summed E-state index contributed by atoms with van der Waals surface area (Å²) in [4.78, 5) is 10.6. The van der Waals surface area contributed by atoms with Gasteiger partial charge in [0, 0.05) is 11.6 Å². The van der Waals surface area contributed by atoms with Crippen LogP contribution in [0.1, 0.15) is 10.4 Å². The van der Waals surface area contributed by atoms with Crippen LogP contribution in [0.5, 0.6) is 17.2 Å². The Kier molecular flexibility index (Phi) is 4.13.